The quantitative estimate of drug-likeness (QED) is 0.440. The summed E-state index contributed by atoms with van der Waals surface area (Å²) in [6.45, 7) is 0. The second kappa shape index (κ2) is 2.98. The highest BCUT2D eigenvalue weighted by Gasteiger charge is 2.13. The van der Waals surface area contributed by atoms with Crippen LogP contribution in [-0.2, 0) is 0 Å². The fourth-order valence-electron chi connectivity index (χ4n) is 0.676. The zero-order chi connectivity index (χ0) is 9.30. The van der Waals surface area contributed by atoms with Crippen molar-refractivity contribution in [1.82, 2.24) is 0 Å². The van der Waals surface area contributed by atoms with E-state index in [4.69, 9.17) is 10.2 Å². The van der Waals surface area contributed by atoms with Gasteiger partial charge in [-0.3, -0.25) is 10.1 Å². The maximum atomic E-state index is 10.2. The summed E-state index contributed by atoms with van der Waals surface area (Å²) in [4.78, 5) is 9.55. The molecule has 0 spiro atoms. The van der Waals surface area contributed by atoms with Crippen molar-refractivity contribution in [2.75, 3.05) is 0 Å². The number of phenols is 2. The molecular weight excluding hydrogens is 230 g/mol. The van der Waals surface area contributed by atoms with Gasteiger partial charge in [0.15, 0.2) is 11.5 Å². The lowest BCUT2D eigenvalue weighted by atomic mass is 10.3. The molecule has 0 aliphatic carbocycles. The van der Waals surface area contributed by atoms with Crippen molar-refractivity contribution in [1.29, 1.82) is 0 Å². The molecule has 2 N–H and O–H groups in total. The molecule has 0 radical (unpaired) electrons. The fraction of sp³-hybridized carbons (Fsp3) is 0. The monoisotopic (exact) mass is 233 g/mol. The first kappa shape index (κ1) is 8.79. The molecule has 0 aromatic heterocycles. The minimum atomic E-state index is -0.663. The van der Waals surface area contributed by atoms with Crippen LogP contribution in [0.2, 0.25) is 0 Å². The average molecular weight is 234 g/mol. The molecule has 12 heavy (non-hydrogen) atoms. The fourth-order valence-corrected chi connectivity index (χ4v) is 1.11. The zero-order valence-corrected chi connectivity index (χ0v) is 7.28. The highest BCUT2D eigenvalue weighted by Crippen LogP contribution is 2.36. The van der Waals surface area contributed by atoms with Gasteiger partial charge in [-0.15, -0.1) is 0 Å². The smallest absolute Gasteiger partial charge is 0.274 e. The lowest BCUT2D eigenvalue weighted by Gasteiger charge is -1.99. The van der Waals surface area contributed by atoms with Crippen LogP contribution in [0.15, 0.2) is 16.6 Å². The maximum absolute atomic E-state index is 10.2. The number of hydrogen-bond donors (Lipinski definition) is 2. The number of nitrogens with zero attached hydrogens (tertiary/aromatic N) is 1. The lowest BCUT2D eigenvalue weighted by molar-refractivity contribution is -0.385. The van der Waals surface area contributed by atoms with Crippen LogP contribution < -0.4 is 0 Å². The Morgan fingerprint density at radius 1 is 1.42 bits per heavy atom. The Hall–Kier alpha value is -1.30. The van der Waals surface area contributed by atoms with Crippen molar-refractivity contribution in [2.45, 2.75) is 0 Å². The number of non-ortho nitro benzene ring substituents is 1. The van der Waals surface area contributed by atoms with E-state index >= 15 is 0 Å². The zero-order valence-electron chi connectivity index (χ0n) is 5.69. The van der Waals surface area contributed by atoms with E-state index in [1.807, 2.05) is 0 Å². The SMILES string of the molecule is O=[N+]([O-])c1cc(O)c(O)c(Br)c1. The molecule has 0 saturated carbocycles. The van der Waals surface area contributed by atoms with Crippen molar-refractivity contribution in [3.8, 4) is 11.5 Å². The van der Waals surface area contributed by atoms with Gasteiger partial charge in [-0.2, -0.15) is 0 Å². The number of phenolic OH excluding ortho intramolecular Hbond substituents is 2. The van der Waals surface area contributed by atoms with E-state index < -0.39 is 16.4 Å². The summed E-state index contributed by atoms with van der Waals surface area (Å²) in [6, 6.07) is 1.98. The topological polar surface area (TPSA) is 83.6 Å². The van der Waals surface area contributed by atoms with Gasteiger partial charge in [-0.05, 0) is 15.9 Å². The molecule has 0 aliphatic rings. The van der Waals surface area contributed by atoms with Crippen molar-refractivity contribution in [2.24, 2.45) is 0 Å². The Bertz CT molecular complexity index is 315. The number of rotatable bonds is 1. The molecule has 1 aromatic carbocycles. The summed E-state index contributed by atoms with van der Waals surface area (Å²) in [7, 11) is 0. The Morgan fingerprint density at radius 2 is 2.00 bits per heavy atom. The van der Waals surface area contributed by atoms with E-state index in [1.54, 1.807) is 0 Å². The van der Waals surface area contributed by atoms with E-state index in [9.17, 15) is 10.1 Å². The third-order valence-electron chi connectivity index (χ3n) is 1.24. The van der Waals surface area contributed by atoms with E-state index in [0.29, 0.717) is 0 Å². The molecule has 64 valence electrons. The Labute approximate surface area is 75.5 Å². The standard InChI is InChI=1S/C6H4BrNO4/c7-4-1-3(8(11)12)2-5(9)6(4)10/h1-2,9-10H. The van der Waals surface area contributed by atoms with Gasteiger partial charge in [0.25, 0.3) is 5.69 Å². The summed E-state index contributed by atoms with van der Waals surface area (Å²) in [5.74, 6) is -0.920. The lowest BCUT2D eigenvalue weighted by Crippen LogP contribution is -1.87. The predicted octanol–water partition coefficient (Wildman–Crippen LogP) is 1.77. The molecule has 0 amide bonds. The van der Waals surface area contributed by atoms with Crippen molar-refractivity contribution in [3.05, 3.63) is 26.7 Å². The van der Waals surface area contributed by atoms with Crippen LogP contribution in [0.3, 0.4) is 0 Å². The summed E-state index contributed by atoms with van der Waals surface area (Å²) in [6.07, 6.45) is 0. The molecule has 0 bridgehead atoms. The molecule has 1 aromatic rings. The van der Waals surface area contributed by atoms with Crippen LogP contribution in [0.5, 0.6) is 11.5 Å². The molecular formula is C6H4BrNO4. The minimum Gasteiger partial charge on any atom is -0.504 e. The van der Waals surface area contributed by atoms with E-state index in [-0.39, 0.29) is 10.2 Å². The summed E-state index contributed by atoms with van der Waals surface area (Å²) in [5, 5.41) is 28.1. The predicted molar refractivity (Wildman–Crippen MR) is 44.1 cm³/mol. The largest absolute Gasteiger partial charge is 0.504 e. The van der Waals surface area contributed by atoms with Crippen LogP contribution in [-0.4, -0.2) is 15.1 Å². The van der Waals surface area contributed by atoms with Crippen LogP contribution in [0.4, 0.5) is 5.69 Å². The van der Waals surface area contributed by atoms with Gasteiger partial charge in [0, 0.05) is 6.07 Å². The van der Waals surface area contributed by atoms with Crippen molar-refractivity contribution in [3.63, 3.8) is 0 Å². The molecule has 0 aliphatic heterocycles. The average Bonchev–Trinajstić information content (AvgIpc) is 1.99. The second-order valence-corrected chi connectivity index (χ2v) is 2.91. The molecule has 5 nitrogen and oxygen atoms in total. The highest BCUT2D eigenvalue weighted by molar-refractivity contribution is 9.10. The number of hydrogen-bond acceptors (Lipinski definition) is 4. The maximum Gasteiger partial charge on any atom is 0.274 e. The first-order valence-corrected chi connectivity index (χ1v) is 3.67. The second-order valence-electron chi connectivity index (χ2n) is 2.05. The minimum absolute atomic E-state index is 0.0919. The van der Waals surface area contributed by atoms with E-state index in [0.717, 1.165) is 12.1 Å². The number of aromatic hydroxyl groups is 2. The van der Waals surface area contributed by atoms with Crippen LogP contribution in [0.1, 0.15) is 0 Å². The number of benzene rings is 1. The van der Waals surface area contributed by atoms with Crippen LogP contribution in [0, 0.1) is 10.1 Å². The Balaban J connectivity index is 3.31. The molecule has 6 heteroatoms. The summed E-state index contributed by atoms with van der Waals surface area (Å²) >= 11 is 2.85. The van der Waals surface area contributed by atoms with Crippen molar-refractivity contribution >= 4 is 21.6 Å². The van der Waals surface area contributed by atoms with E-state index in [1.165, 1.54) is 0 Å². The molecule has 0 atom stereocenters. The molecule has 0 unspecified atom stereocenters. The molecule has 0 saturated heterocycles. The Morgan fingerprint density at radius 3 is 2.42 bits per heavy atom. The number of nitro benzene ring substituents is 1. The van der Waals surface area contributed by atoms with Gasteiger partial charge in [-0.1, -0.05) is 0 Å². The van der Waals surface area contributed by atoms with Gasteiger partial charge in [0.1, 0.15) is 0 Å². The molecule has 1 rings (SSSR count). The molecule has 0 fully saturated rings. The first-order valence-electron chi connectivity index (χ1n) is 2.88. The van der Waals surface area contributed by atoms with Crippen molar-refractivity contribution < 1.29 is 15.1 Å². The summed E-state index contributed by atoms with van der Waals surface area (Å²) in [5.41, 5.74) is -0.280. The normalized spacial score (nSPS) is 9.75. The van der Waals surface area contributed by atoms with Gasteiger partial charge >= 0.3 is 0 Å². The van der Waals surface area contributed by atoms with Crippen LogP contribution in [0.25, 0.3) is 0 Å². The van der Waals surface area contributed by atoms with Gasteiger partial charge in [0.2, 0.25) is 0 Å². The summed E-state index contributed by atoms with van der Waals surface area (Å²) < 4.78 is 0.0919. The van der Waals surface area contributed by atoms with Crippen LogP contribution >= 0.6 is 15.9 Å². The van der Waals surface area contributed by atoms with Gasteiger partial charge in [0.05, 0.1) is 15.5 Å². The number of nitro groups is 1. The Kier molecular flexibility index (Phi) is 2.18. The van der Waals surface area contributed by atoms with E-state index in [2.05, 4.69) is 15.9 Å². The van der Waals surface area contributed by atoms with Gasteiger partial charge < -0.3 is 10.2 Å². The third kappa shape index (κ3) is 1.48. The molecule has 0 heterocycles. The first-order chi connectivity index (χ1) is 5.52. The third-order valence-corrected chi connectivity index (χ3v) is 1.84. The van der Waals surface area contributed by atoms with Gasteiger partial charge in [-0.25, -0.2) is 0 Å². The number of halogens is 1. The highest BCUT2D eigenvalue weighted by atomic mass is 79.9.